The van der Waals surface area contributed by atoms with E-state index in [2.05, 4.69) is 0 Å². The molecule has 254 valence electrons. The molecule has 1 atom stereocenters. The summed E-state index contributed by atoms with van der Waals surface area (Å²) in [6.45, 7) is 10.8. The van der Waals surface area contributed by atoms with Gasteiger partial charge in [-0.2, -0.15) is 0 Å². The third kappa shape index (κ3) is 11.1. The van der Waals surface area contributed by atoms with Crippen LogP contribution in [0.2, 0.25) is 0 Å². The molecule has 0 aliphatic carbocycles. The summed E-state index contributed by atoms with van der Waals surface area (Å²) in [5.41, 5.74) is -1.33. The smallest absolute Gasteiger partial charge is 0.336 e. The first-order valence-electron chi connectivity index (χ1n) is 14.8. The van der Waals surface area contributed by atoms with Crippen molar-refractivity contribution in [2.75, 3.05) is 0 Å². The maximum Gasteiger partial charge on any atom is 0.336 e. The predicted octanol–water partition coefficient (Wildman–Crippen LogP) is 8.17. The van der Waals surface area contributed by atoms with E-state index in [-0.39, 0.29) is 17.6 Å². The van der Waals surface area contributed by atoms with Gasteiger partial charge in [-0.1, -0.05) is 46.3 Å². The van der Waals surface area contributed by atoms with Crippen molar-refractivity contribution in [1.29, 1.82) is 0 Å². The van der Waals surface area contributed by atoms with Gasteiger partial charge in [0.25, 0.3) is 11.4 Å². The number of carbonyl (C=O) groups is 2. The molecule has 16 nitrogen and oxygen atoms in total. The Morgan fingerprint density at radius 1 is 0.660 bits per heavy atom. The lowest BCUT2D eigenvalue weighted by molar-refractivity contribution is -0.395. The summed E-state index contributed by atoms with van der Waals surface area (Å²) < 4.78 is 9.98. The Bertz CT molecular complexity index is 1510. The average Bonchev–Trinajstić information content (AvgIpc) is 3.01. The van der Waals surface area contributed by atoms with E-state index >= 15 is 0 Å². The van der Waals surface area contributed by atoms with Crippen LogP contribution in [0.3, 0.4) is 0 Å². The second-order valence-electron chi connectivity index (χ2n) is 10.0. The summed E-state index contributed by atoms with van der Waals surface area (Å²) in [4.78, 5) is 65.2. The van der Waals surface area contributed by atoms with Gasteiger partial charge in [0, 0.05) is 35.9 Å². The molecular weight excluding hydrogens is 620 g/mol. The highest BCUT2D eigenvalue weighted by molar-refractivity contribution is 5.86. The number of hydrogen-bond donors (Lipinski definition) is 0. The topological polar surface area (TPSA) is 225 Å². The van der Waals surface area contributed by atoms with Crippen LogP contribution in [0.1, 0.15) is 96.6 Å². The zero-order chi connectivity index (χ0) is 35.8. The molecule has 2 rings (SSSR count). The molecule has 0 aliphatic heterocycles. The molecule has 0 saturated heterocycles. The normalized spacial score (nSPS) is 11.6. The molecule has 0 saturated carbocycles. The van der Waals surface area contributed by atoms with E-state index in [9.17, 15) is 50.0 Å². The van der Waals surface area contributed by atoms with E-state index in [1.54, 1.807) is 13.8 Å². The van der Waals surface area contributed by atoms with Crippen molar-refractivity contribution in [3.8, 4) is 11.5 Å². The van der Waals surface area contributed by atoms with Crippen LogP contribution in [-0.4, -0.2) is 31.6 Å². The average molecular weight is 659 g/mol. The molecule has 0 amide bonds. The lowest BCUT2D eigenvalue weighted by atomic mass is 9.90. The zero-order valence-electron chi connectivity index (χ0n) is 27.0. The van der Waals surface area contributed by atoms with Gasteiger partial charge in [-0.25, -0.2) is 9.59 Å². The van der Waals surface area contributed by atoms with Crippen LogP contribution in [0.15, 0.2) is 48.6 Å². The first-order chi connectivity index (χ1) is 22.2. The van der Waals surface area contributed by atoms with E-state index in [0.717, 1.165) is 24.6 Å². The number of nitro groups is 4. The number of allylic oxidation sites excluding steroid dienone is 2. The Balaban J connectivity index is 0.000000470. The number of non-ortho nitro benzene ring substituents is 1. The van der Waals surface area contributed by atoms with Gasteiger partial charge in [0.1, 0.15) is 0 Å². The van der Waals surface area contributed by atoms with Crippen molar-refractivity contribution >= 4 is 34.7 Å². The Morgan fingerprint density at radius 3 is 1.45 bits per heavy atom. The van der Waals surface area contributed by atoms with Gasteiger partial charge in [-0.15, -0.1) is 0 Å². The molecule has 0 aliphatic rings. The molecule has 0 bridgehead atoms. The number of nitro benzene ring substituents is 4. The minimum atomic E-state index is -0.908. The van der Waals surface area contributed by atoms with Crippen LogP contribution in [-0.2, 0) is 9.59 Å². The minimum absolute atomic E-state index is 0.0484. The maximum absolute atomic E-state index is 11.8. The standard InChI is InChI=1S/C16H20N2O6.C15H18N2O6/c1-4-7-11(6-3)13-9-12(17(20)21)10-14(18(22)23)16(13)24-15(19)8-5-2;1-4-7-14(18)23-15-12(16(19)20)8-11(10(5-2)6-3)9-13(15)17(21)22/h5,8-11H,4,6-7H2,1-3H3;4,7-10H,5-6H2,1-3H3/b8-5+;7-4+. The molecule has 0 N–H and O–H groups in total. The molecule has 1 unspecified atom stereocenters. The SMILES string of the molecule is C/C=C/C(=O)Oc1c(C(CC)CCC)cc([N+](=O)[O-])cc1[N+](=O)[O-].C/C=C/C(=O)Oc1c([N+](=O)[O-])cc(C(CC)CC)cc1[N+](=O)[O-]. The van der Waals surface area contributed by atoms with E-state index in [4.69, 9.17) is 9.47 Å². The van der Waals surface area contributed by atoms with Gasteiger partial charge in [0.15, 0.2) is 0 Å². The van der Waals surface area contributed by atoms with Gasteiger partial charge in [0.2, 0.25) is 5.75 Å². The summed E-state index contributed by atoms with van der Waals surface area (Å²) in [5, 5.41) is 44.9. The van der Waals surface area contributed by atoms with Crippen molar-refractivity contribution in [2.45, 2.75) is 85.5 Å². The highest BCUT2D eigenvalue weighted by Crippen LogP contribution is 2.43. The van der Waals surface area contributed by atoms with Crippen LogP contribution in [0.5, 0.6) is 11.5 Å². The van der Waals surface area contributed by atoms with Crippen molar-refractivity contribution in [1.82, 2.24) is 0 Å². The molecule has 47 heavy (non-hydrogen) atoms. The number of ether oxygens (including phenoxy) is 2. The van der Waals surface area contributed by atoms with Crippen LogP contribution in [0, 0.1) is 40.5 Å². The first-order valence-corrected chi connectivity index (χ1v) is 14.8. The molecule has 2 aromatic rings. The largest absolute Gasteiger partial charge is 0.416 e. The Kier molecular flexibility index (Phi) is 16.0. The summed E-state index contributed by atoms with van der Waals surface area (Å²) in [5.74, 6) is -2.75. The quantitative estimate of drug-likeness (QED) is 0.0580. The molecule has 0 fully saturated rings. The summed E-state index contributed by atoms with van der Waals surface area (Å²) >= 11 is 0. The van der Waals surface area contributed by atoms with Crippen molar-refractivity contribution in [2.24, 2.45) is 0 Å². The number of carbonyl (C=O) groups excluding carboxylic acids is 2. The van der Waals surface area contributed by atoms with E-state index in [0.29, 0.717) is 36.8 Å². The lowest BCUT2D eigenvalue weighted by Gasteiger charge is -2.17. The van der Waals surface area contributed by atoms with E-state index < -0.39 is 60.1 Å². The lowest BCUT2D eigenvalue weighted by Crippen LogP contribution is -2.11. The van der Waals surface area contributed by atoms with Crippen molar-refractivity contribution in [3.63, 3.8) is 0 Å². The van der Waals surface area contributed by atoms with Gasteiger partial charge in [0.05, 0.1) is 25.8 Å². The van der Waals surface area contributed by atoms with Gasteiger partial charge in [-0.05, 0) is 56.9 Å². The highest BCUT2D eigenvalue weighted by Gasteiger charge is 2.32. The Hall–Kier alpha value is -5.54. The van der Waals surface area contributed by atoms with Crippen molar-refractivity contribution < 1.29 is 38.8 Å². The van der Waals surface area contributed by atoms with Crippen LogP contribution >= 0.6 is 0 Å². The number of benzene rings is 2. The third-order valence-corrected chi connectivity index (χ3v) is 6.99. The van der Waals surface area contributed by atoms with Crippen LogP contribution in [0.4, 0.5) is 22.7 Å². The number of esters is 2. The number of nitrogens with zero attached hydrogens (tertiary/aromatic N) is 4. The maximum atomic E-state index is 11.8. The molecule has 0 radical (unpaired) electrons. The minimum Gasteiger partial charge on any atom is -0.416 e. The summed E-state index contributed by atoms with van der Waals surface area (Å²) in [7, 11) is 0. The monoisotopic (exact) mass is 658 g/mol. The highest BCUT2D eigenvalue weighted by atomic mass is 16.6. The molecule has 0 heterocycles. The van der Waals surface area contributed by atoms with E-state index in [1.165, 1.54) is 30.4 Å². The molecular formula is C31H38N4O12. The zero-order valence-corrected chi connectivity index (χ0v) is 27.0. The molecule has 0 aromatic heterocycles. The van der Waals surface area contributed by atoms with Crippen molar-refractivity contribution in [3.05, 3.63) is 100 Å². The fraction of sp³-hybridized carbons (Fsp3) is 0.419. The third-order valence-electron chi connectivity index (χ3n) is 6.99. The summed E-state index contributed by atoms with van der Waals surface area (Å²) in [6.07, 6.45) is 8.42. The Labute approximate surface area is 270 Å². The van der Waals surface area contributed by atoms with Gasteiger partial charge in [-0.3, -0.25) is 40.5 Å². The van der Waals surface area contributed by atoms with Crippen LogP contribution in [0.25, 0.3) is 0 Å². The molecule has 0 spiro atoms. The van der Waals surface area contributed by atoms with Crippen LogP contribution < -0.4 is 9.47 Å². The number of hydrogen-bond acceptors (Lipinski definition) is 12. The second kappa shape index (κ2) is 19.1. The van der Waals surface area contributed by atoms with E-state index in [1.807, 2.05) is 27.7 Å². The molecule has 16 heteroatoms. The van der Waals surface area contributed by atoms with Gasteiger partial charge >= 0.3 is 29.0 Å². The Morgan fingerprint density at radius 2 is 1.09 bits per heavy atom. The summed E-state index contributed by atoms with van der Waals surface area (Å²) in [6, 6.07) is 4.56. The second-order valence-corrected chi connectivity index (χ2v) is 10.0. The molecule has 2 aromatic carbocycles. The predicted molar refractivity (Wildman–Crippen MR) is 172 cm³/mol. The van der Waals surface area contributed by atoms with Gasteiger partial charge < -0.3 is 9.47 Å². The number of rotatable bonds is 15. The first kappa shape index (κ1) is 39.5. The fourth-order valence-electron chi connectivity index (χ4n) is 4.74. The fourth-order valence-corrected chi connectivity index (χ4v) is 4.74.